The largest absolute Gasteiger partial charge is 0.466 e. The second-order valence-corrected chi connectivity index (χ2v) is 8.41. The van der Waals surface area contributed by atoms with Crippen LogP contribution >= 0.6 is 0 Å². The summed E-state index contributed by atoms with van der Waals surface area (Å²) < 4.78 is 4.88. The average Bonchev–Trinajstić information content (AvgIpc) is 3.60. The van der Waals surface area contributed by atoms with Gasteiger partial charge in [0.1, 0.15) is 0 Å². The smallest absolute Gasteiger partial charge is 0.330 e. The number of benzene rings is 3. The number of carbonyl (C=O) groups excluding carboxylic acids is 1. The third-order valence-corrected chi connectivity index (χ3v) is 6.44. The highest BCUT2D eigenvalue weighted by molar-refractivity contribution is 5.93. The predicted molar refractivity (Wildman–Crippen MR) is 137 cm³/mol. The Morgan fingerprint density at radius 3 is 2.38 bits per heavy atom. The van der Waals surface area contributed by atoms with Crippen molar-refractivity contribution in [1.29, 1.82) is 0 Å². The van der Waals surface area contributed by atoms with Crippen molar-refractivity contribution in [2.75, 3.05) is 7.11 Å². The molecule has 5 nitrogen and oxygen atoms in total. The van der Waals surface area contributed by atoms with Crippen LogP contribution in [0.4, 0.5) is 0 Å². The summed E-state index contributed by atoms with van der Waals surface area (Å²) in [5.41, 5.74) is 7.49. The van der Waals surface area contributed by atoms with Crippen LogP contribution in [-0.2, 0) is 9.53 Å². The highest BCUT2D eigenvalue weighted by atomic mass is 16.5. The Labute approximate surface area is 196 Å². The van der Waals surface area contributed by atoms with Gasteiger partial charge in [-0.1, -0.05) is 54.6 Å². The summed E-state index contributed by atoms with van der Waals surface area (Å²) in [4.78, 5) is 22.4. The van der Waals surface area contributed by atoms with Crippen molar-refractivity contribution in [3.63, 3.8) is 0 Å². The average molecular weight is 446 g/mol. The van der Waals surface area contributed by atoms with Gasteiger partial charge in [-0.25, -0.2) is 4.79 Å². The number of hydrogen-bond acceptors (Lipinski definition) is 2. The lowest BCUT2D eigenvalue weighted by Crippen LogP contribution is -2.01. The first-order valence-corrected chi connectivity index (χ1v) is 11.2. The Balaban J connectivity index is 1.52. The van der Waals surface area contributed by atoms with Gasteiger partial charge in [0, 0.05) is 50.9 Å². The third kappa shape index (κ3) is 3.39. The van der Waals surface area contributed by atoms with E-state index in [1.54, 1.807) is 0 Å². The molecule has 34 heavy (non-hydrogen) atoms. The van der Waals surface area contributed by atoms with E-state index < -0.39 is 0 Å². The Hall–Kier alpha value is -4.51. The molecule has 3 heterocycles. The molecule has 0 radical (unpaired) electrons. The van der Waals surface area contributed by atoms with Crippen LogP contribution in [0.1, 0.15) is 17.0 Å². The number of ether oxygens (including phenoxy) is 1. The second kappa shape index (κ2) is 8.12. The van der Waals surface area contributed by atoms with Crippen LogP contribution in [0.2, 0.25) is 0 Å². The molecule has 0 amide bonds. The maximum Gasteiger partial charge on any atom is 0.330 e. The molecule has 1 atom stereocenters. The van der Waals surface area contributed by atoms with Gasteiger partial charge in [-0.05, 0) is 41.5 Å². The Bertz CT molecular complexity index is 1650. The monoisotopic (exact) mass is 445 g/mol. The molecular weight excluding hydrogens is 422 g/mol. The fourth-order valence-electron chi connectivity index (χ4n) is 4.78. The first kappa shape index (κ1) is 20.1. The van der Waals surface area contributed by atoms with Gasteiger partial charge in [-0.3, -0.25) is 0 Å². The van der Waals surface area contributed by atoms with Crippen molar-refractivity contribution >= 4 is 38.7 Å². The highest BCUT2D eigenvalue weighted by Crippen LogP contribution is 2.37. The molecule has 0 aliphatic heterocycles. The molecule has 0 bridgehead atoms. The van der Waals surface area contributed by atoms with E-state index >= 15 is 0 Å². The molecule has 0 unspecified atom stereocenters. The number of aromatic amines is 3. The van der Waals surface area contributed by atoms with Crippen LogP contribution < -0.4 is 0 Å². The molecule has 6 aromatic rings. The van der Waals surface area contributed by atoms with Crippen LogP contribution in [-0.4, -0.2) is 28.0 Å². The normalized spacial score (nSPS) is 12.7. The van der Waals surface area contributed by atoms with Gasteiger partial charge in [0.25, 0.3) is 0 Å². The van der Waals surface area contributed by atoms with Crippen molar-refractivity contribution in [2.45, 2.75) is 5.92 Å². The van der Waals surface area contributed by atoms with Gasteiger partial charge < -0.3 is 19.7 Å². The lowest BCUT2D eigenvalue weighted by Gasteiger charge is -2.14. The minimum atomic E-state index is -0.371. The lowest BCUT2D eigenvalue weighted by molar-refractivity contribution is -0.134. The fraction of sp³-hybridized carbons (Fsp3) is 0.0690. The van der Waals surface area contributed by atoms with Gasteiger partial charge in [0.05, 0.1) is 18.5 Å². The van der Waals surface area contributed by atoms with E-state index in [2.05, 4.69) is 69.5 Å². The van der Waals surface area contributed by atoms with E-state index in [4.69, 9.17) is 4.74 Å². The van der Waals surface area contributed by atoms with Gasteiger partial charge >= 0.3 is 5.97 Å². The highest BCUT2D eigenvalue weighted by Gasteiger charge is 2.20. The molecule has 6 rings (SSSR count). The standard InChI is InChI=1S/C29H23N3O2/c1-34-29(33)14-13-20(23-17-30-25-11-5-3-8-21(23)25)19-9-6-12-26-22(19)16-28(32-26)27-15-18-7-2-4-10-24(18)31-27/h2-17,20,30-32H,1H3/b14-13+/t20-/m1/s1. The zero-order chi connectivity index (χ0) is 23.1. The first-order valence-electron chi connectivity index (χ1n) is 11.2. The SMILES string of the molecule is COC(=O)/C=C/[C@@H](c1c[nH]c2ccccc12)c1cccc2[nH]c(-c3cc4ccccc4[nH]3)cc12. The minimum absolute atomic E-state index is 0.134. The molecule has 166 valence electrons. The minimum Gasteiger partial charge on any atom is -0.466 e. The number of para-hydroxylation sites is 2. The number of rotatable bonds is 5. The summed E-state index contributed by atoms with van der Waals surface area (Å²) in [5, 5.41) is 3.42. The number of H-pyrrole nitrogens is 3. The van der Waals surface area contributed by atoms with Crippen molar-refractivity contribution in [3.05, 3.63) is 108 Å². The van der Waals surface area contributed by atoms with Crippen LogP contribution in [0.25, 0.3) is 44.1 Å². The molecule has 0 saturated heterocycles. The summed E-state index contributed by atoms with van der Waals surface area (Å²) in [7, 11) is 1.40. The van der Waals surface area contributed by atoms with Crippen LogP contribution in [0.15, 0.2) is 97.2 Å². The second-order valence-electron chi connectivity index (χ2n) is 8.41. The number of nitrogens with one attached hydrogen (secondary N) is 3. The number of allylic oxidation sites excluding steroid dienone is 1. The van der Waals surface area contributed by atoms with Crippen LogP contribution in [0.3, 0.4) is 0 Å². The first-order chi connectivity index (χ1) is 16.7. The van der Waals surface area contributed by atoms with E-state index in [0.29, 0.717) is 0 Å². The van der Waals surface area contributed by atoms with Crippen molar-refractivity contribution in [3.8, 4) is 11.4 Å². The van der Waals surface area contributed by atoms with Gasteiger partial charge in [0.15, 0.2) is 0 Å². The van der Waals surface area contributed by atoms with E-state index in [1.165, 1.54) is 18.6 Å². The fourth-order valence-corrected chi connectivity index (χ4v) is 4.78. The summed E-state index contributed by atoms with van der Waals surface area (Å²) in [5.74, 6) is -0.504. The maximum atomic E-state index is 12.0. The Morgan fingerprint density at radius 1 is 0.794 bits per heavy atom. The number of fused-ring (bicyclic) bond motifs is 3. The Morgan fingerprint density at radius 2 is 1.53 bits per heavy atom. The van der Waals surface area contributed by atoms with E-state index in [-0.39, 0.29) is 11.9 Å². The molecule has 3 aromatic heterocycles. The van der Waals surface area contributed by atoms with Crippen molar-refractivity contribution < 1.29 is 9.53 Å². The summed E-state index contributed by atoms with van der Waals surface area (Å²) >= 11 is 0. The number of aromatic nitrogens is 3. The van der Waals surface area contributed by atoms with Crippen molar-refractivity contribution in [2.24, 2.45) is 0 Å². The molecule has 0 spiro atoms. The molecule has 0 fully saturated rings. The van der Waals surface area contributed by atoms with E-state index in [0.717, 1.165) is 49.8 Å². The predicted octanol–water partition coefficient (Wildman–Crippen LogP) is 6.66. The maximum absolute atomic E-state index is 12.0. The summed E-state index contributed by atoms with van der Waals surface area (Å²) in [6.07, 6.45) is 5.46. The molecule has 3 N–H and O–H groups in total. The van der Waals surface area contributed by atoms with Crippen LogP contribution in [0, 0.1) is 0 Å². The summed E-state index contributed by atoms with van der Waals surface area (Å²) in [6.45, 7) is 0. The zero-order valence-corrected chi connectivity index (χ0v) is 18.6. The molecule has 0 saturated carbocycles. The third-order valence-electron chi connectivity index (χ3n) is 6.44. The molecule has 5 heteroatoms. The van der Waals surface area contributed by atoms with Gasteiger partial charge in [-0.15, -0.1) is 0 Å². The molecule has 3 aromatic carbocycles. The molecule has 0 aliphatic carbocycles. The lowest BCUT2D eigenvalue weighted by atomic mass is 9.88. The van der Waals surface area contributed by atoms with Crippen LogP contribution in [0.5, 0.6) is 0 Å². The quantitative estimate of drug-likeness (QED) is 0.205. The zero-order valence-electron chi connectivity index (χ0n) is 18.6. The number of esters is 1. The number of carbonyl (C=O) groups is 1. The Kier molecular flexibility index (Phi) is 4.81. The van der Waals surface area contributed by atoms with E-state index in [1.807, 2.05) is 36.5 Å². The van der Waals surface area contributed by atoms with Gasteiger partial charge in [0.2, 0.25) is 0 Å². The van der Waals surface area contributed by atoms with E-state index in [9.17, 15) is 4.79 Å². The number of hydrogen-bond donors (Lipinski definition) is 3. The molecular formula is C29H23N3O2. The van der Waals surface area contributed by atoms with Crippen molar-refractivity contribution in [1.82, 2.24) is 15.0 Å². The summed E-state index contributed by atoms with van der Waals surface area (Å²) in [6, 6.07) is 27.1. The molecule has 0 aliphatic rings. The topological polar surface area (TPSA) is 73.7 Å². The van der Waals surface area contributed by atoms with Gasteiger partial charge in [-0.2, -0.15) is 0 Å². The number of methoxy groups -OCH3 is 1.